The topological polar surface area (TPSA) is 65.7 Å². The molecule has 0 saturated carbocycles. The summed E-state index contributed by atoms with van der Waals surface area (Å²) in [5.41, 5.74) is 4.93. The number of carbonyl (C=O) groups excluding carboxylic acids is 1. The average Bonchev–Trinajstić information content (AvgIpc) is 3.17. The van der Waals surface area contributed by atoms with E-state index in [9.17, 15) is 9.59 Å². The van der Waals surface area contributed by atoms with Gasteiger partial charge >= 0.3 is 11.6 Å². The normalized spacial score (nSPS) is 17.9. The third-order valence-electron chi connectivity index (χ3n) is 5.91. The molecule has 142 valence electrons. The summed E-state index contributed by atoms with van der Waals surface area (Å²) in [7, 11) is 1.63. The van der Waals surface area contributed by atoms with E-state index in [0.717, 1.165) is 51.8 Å². The zero-order valence-corrected chi connectivity index (χ0v) is 15.8. The lowest BCUT2D eigenvalue weighted by Crippen LogP contribution is -2.23. The summed E-state index contributed by atoms with van der Waals surface area (Å²) in [6.45, 7) is 1.97. The van der Waals surface area contributed by atoms with Gasteiger partial charge in [0.05, 0.1) is 18.9 Å². The quantitative estimate of drug-likeness (QED) is 0.384. The SMILES string of the molecule is COc1ccc(C2CC(=O)Oc3c2c(C)cc2oc(=O)c4c(c32)CCC4)cc1. The highest BCUT2D eigenvalue weighted by Gasteiger charge is 2.34. The molecule has 1 aromatic heterocycles. The van der Waals surface area contributed by atoms with Crippen molar-refractivity contribution in [3.8, 4) is 11.5 Å². The molecule has 2 aliphatic rings. The Labute approximate surface area is 161 Å². The summed E-state index contributed by atoms with van der Waals surface area (Å²) in [6, 6.07) is 9.70. The largest absolute Gasteiger partial charge is 0.497 e. The summed E-state index contributed by atoms with van der Waals surface area (Å²) in [5, 5.41) is 0.791. The number of esters is 1. The van der Waals surface area contributed by atoms with E-state index in [0.29, 0.717) is 17.8 Å². The highest BCUT2D eigenvalue weighted by Crippen LogP contribution is 2.46. The van der Waals surface area contributed by atoms with Crippen molar-refractivity contribution in [3.05, 3.63) is 68.6 Å². The van der Waals surface area contributed by atoms with Crippen molar-refractivity contribution in [1.29, 1.82) is 0 Å². The van der Waals surface area contributed by atoms with Gasteiger partial charge in [-0.1, -0.05) is 12.1 Å². The van der Waals surface area contributed by atoms with Gasteiger partial charge in [-0.25, -0.2) is 4.79 Å². The van der Waals surface area contributed by atoms with E-state index in [1.165, 1.54) is 0 Å². The van der Waals surface area contributed by atoms with Gasteiger partial charge in [0.25, 0.3) is 0 Å². The first-order valence-corrected chi connectivity index (χ1v) is 9.53. The van der Waals surface area contributed by atoms with E-state index >= 15 is 0 Å². The highest BCUT2D eigenvalue weighted by atomic mass is 16.5. The van der Waals surface area contributed by atoms with Crippen LogP contribution in [0.4, 0.5) is 0 Å². The van der Waals surface area contributed by atoms with Crippen molar-refractivity contribution in [2.45, 2.75) is 38.5 Å². The predicted molar refractivity (Wildman–Crippen MR) is 104 cm³/mol. The Morgan fingerprint density at radius 1 is 1.07 bits per heavy atom. The number of methoxy groups -OCH3 is 1. The number of aryl methyl sites for hydroxylation is 2. The van der Waals surface area contributed by atoms with Crippen molar-refractivity contribution in [2.75, 3.05) is 7.11 Å². The molecule has 28 heavy (non-hydrogen) atoms. The molecular weight excluding hydrogens is 356 g/mol. The standard InChI is InChI=1S/C23H20O5/c1-12-10-18-21(15-4-3-5-16(15)23(25)27-18)22-20(12)17(11-19(24)28-22)13-6-8-14(26-2)9-7-13/h6-10,17H,3-5,11H2,1-2H3. The fourth-order valence-electron chi connectivity index (χ4n) is 4.63. The molecule has 0 fully saturated rings. The first kappa shape index (κ1) is 17.0. The van der Waals surface area contributed by atoms with Crippen LogP contribution in [-0.4, -0.2) is 13.1 Å². The highest BCUT2D eigenvalue weighted by molar-refractivity contribution is 5.94. The van der Waals surface area contributed by atoms with Crippen LogP contribution in [0.15, 0.2) is 39.5 Å². The van der Waals surface area contributed by atoms with Gasteiger partial charge < -0.3 is 13.9 Å². The molecule has 0 saturated heterocycles. The van der Waals surface area contributed by atoms with Crippen LogP contribution in [0.2, 0.25) is 0 Å². The molecule has 0 radical (unpaired) electrons. The second kappa shape index (κ2) is 6.23. The lowest BCUT2D eigenvalue weighted by molar-refractivity contribution is -0.135. The van der Waals surface area contributed by atoms with E-state index in [1.807, 2.05) is 37.3 Å². The monoisotopic (exact) mass is 376 g/mol. The number of hydrogen-bond donors (Lipinski definition) is 0. The maximum Gasteiger partial charge on any atom is 0.339 e. The van der Waals surface area contributed by atoms with Gasteiger partial charge in [-0.2, -0.15) is 0 Å². The first-order valence-electron chi connectivity index (χ1n) is 9.53. The van der Waals surface area contributed by atoms with Crippen molar-refractivity contribution in [3.63, 3.8) is 0 Å². The number of fused-ring (bicyclic) bond motifs is 5. The maximum absolute atomic E-state index is 12.5. The molecule has 1 aliphatic heterocycles. The van der Waals surface area contributed by atoms with Gasteiger partial charge in [0.1, 0.15) is 17.1 Å². The average molecular weight is 376 g/mol. The van der Waals surface area contributed by atoms with Gasteiger partial charge in [-0.05, 0) is 61.1 Å². The van der Waals surface area contributed by atoms with Crippen molar-refractivity contribution >= 4 is 16.9 Å². The lowest BCUT2D eigenvalue weighted by Gasteiger charge is -2.28. The number of ether oxygens (including phenoxy) is 2. The summed E-state index contributed by atoms with van der Waals surface area (Å²) in [4.78, 5) is 24.8. The van der Waals surface area contributed by atoms with Gasteiger partial charge in [0.15, 0.2) is 0 Å². The Kier molecular flexibility index (Phi) is 3.79. The molecule has 5 rings (SSSR count). The number of carbonyl (C=O) groups is 1. The van der Waals surface area contributed by atoms with Crippen molar-refractivity contribution in [2.24, 2.45) is 0 Å². The second-order valence-electron chi connectivity index (χ2n) is 7.51. The van der Waals surface area contributed by atoms with E-state index in [1.54, 1.807) is 7.11 Å². The minimum Gasteiger partial charge on any atom is -0.497 e. The summed E-state index contributed by atoms with van der Waals surface area (Å²) < 4.78 is 16.6. The minimum atomic E-state index is -0.270. The fourth-order valence-corrected chi connectivity index (χ4v) is 4.63. The lowest BCUT2D eigenvalue weighted by atomic mass is 9.82. The Bertz CT molecular complexity index is 1170. The summed E-state index contributed by atoms with van der Waals surface area (Å²) in [5.74, 6) is 0.972. The molecule has 3 aromatic rings. The smallest absolute Gasteiger partial charge is 0.339 e. The van der Waals surface area contributed by atoms with E-state index in [4.69, 9.17) is 13.9 Å². The molecule has 2 aromatic carbocycles. The molecule has 0 N–H and O–H groups in total. The summed E-state index contributed by atoms with van der Waals surface area (Å²) >= 11 is 0. The molecule has 1 unspecified atom stereocenters. The molecule has 5 heteroatoms. The molecular formula is C23H20O5. The molecule has 1 aliphatic carbocycles. The van der Waals surface area contributed by atoms with Crippen LogP contribution >= 0.6 is 0 Å². The van der Waals surface area contributed by atoms with Gasteiger partial charge in [0.2, 0.25) is 0 Å². The minimum absolute atomic E-state index is 0.101. The third-order valence-corrected chi connectivity index (χ3v) is 5.91. The zero-order chi connectivity index (χ0) is 19.4. The third kappa shape index (κ3) is 2.46. The van der Waals surface area contributed by atoms with Crippen LogP contribution in [0.3, 0.4) is 0 Å². The molecule has 2 heterocycles. The van der Waals surface area contributed by atoms with Gasteiger partial charge in [-0.15, -0.1) is 0 Å². The Morgan fingerprint density at radius 2 is 1.82 bits per heavy atom. The van der Waals surface area contributed by atoms with Crippen molar-refractivity contribution in [1.82, 2.24) is 0 Å². The van der Waals surface area contributed by atoms with Crippen LogP contribution in [-0.2, 0) is 17.6 Å². The zero-order valence-electron chi connectivity index (χ0n) is 15.8. The second-order valence-corrected chi connectivity index (χ2v) is 7.51. The van der Waals surface area contributed by atoms with Crippen LogP contribution in [0.1, 0.15) is 46.6 Å². The maximum atomic E-state index is 12.5. The van der Waals surface area contributed by atoms with E-state index in [2.05, 4.69) is 0 Å². The van der Waals surface area contributed by atoms with Crippen LogP contribution < -0.4 is 15.1 Å². The van der Waals surface area contributed by atoms with Crippen molar-refractivity contribution < 1.29 is 18.7 Å². The fraction of sp³-hybridized carbons (Fsp3) is 0.304. The first-order chi connectivity index (χ1) is 13.6. The molecule has 0 bridgehead atoms. The Balaban J connectivity index is 1.79. The predicted octanol–water partition coefficient (Wildman–Crippen LogP) is 4.04. The molecule has 0 amide bonds. The van der Waals surface area contributed by atoms with Gasteiger partial charge in [0, 0.05) is 17.0 Å². The molecule has 1 atom stereocenters. The van der Waals surface area contributed by atoms with Crippen LogP contribution in [0.25, 0.3) is 11.0 Å². The molecule has 5 nitrogen and oxygen atoms in total. The molecule has 0 spiro atoms. The summed E-state index contributed by atoms with van der Waals surface area (Å²) in [6.07, 6.45) is 2.71. The van der Waals surface area contributed by atoms with Crippen LogP contribution in [0.5, 0.6) is 11.5 Å². The van der Waals surface area contributed by atoms with E-state index in [-0.39, 0.29) is 23.9 Å². The Hall–Kier alpha value is -3.08. The number of rotatable bonds is 2. The number of hydrogen-bond acceptors (Lipinski definition) is 5. The van der Waals surface area contributed by atoms with Crippen LogP contribution in [0, 0.1) is 6.92 Å². The number of benzene rings is 2. The Morgan fingerprint density at radius 3 is 2.57 bits per heavy atom. The van der Waals surface area contributed by atoms with E-state index < -0.39 is 0 Å². The van der Waals surface area contributed by atoms with Gasteiger partial charge in [-0.3, -0.25) is 4.79 Å².